The quantitative estimate of drug-likeness (QED) is 0.880. The van der Waals surface area contributed by atoms with Gasteiger partial charge in [-0.05, 0) is 55.4 Å². The smallest absolute Gasteiger partial charge is 0.251 e. The zero-order valence-corrected chi connectivity index (χ0v) is 13.7. The molecule has 1 aliphatic rings. The summed E-state index contributed by atoms with van der Waals surface area (Å²) in [4.78, 5) is 12.6. The minimum Gasteiger partial charge on any atom is -0.388 e. The maximum Gasteiger partial charge on any atom is 0.251 e. The molecule has 0 spiro atoms. The van der Waals surface area contributed by atoms with Crippen LogP contribution in [0.4, 0.5) is 5.69 Å². The lowest BCUT2D eigenvalue weighted by molar-refractivity contribution is 0.0888. The van der Waals surface area contributed by atoms with Gasteiger partial charge < -0.3 is 10.6 Å². The first-order valence-corrected chi connectivity index (χ1v) is 8.12. The number of anilines is 1. The van der Waals surface area contributed by atoms with E-state index in [0.717, 1.165) is 23.2 Å². The van der Waals surface area contributed by atoms with Gasteiger partial charge in [0.25, 0.3) is 5.91 Å². The number of hydrogen-bond donors (Lipinski definition) is 2. The second-order valence-corrected chi connectivity index (χ2v) is 6.55. The third-order valence-corrected chi connectivity index (χ3v) is 4.75. The second-order valence-electron chi connectivity index (χ2n) is 6.55. The van der Waals surface area contributed by atoms with E-state index in [1.807, 2.05) is 32.2 Å². The molecular weight excluding hydrogens is 260 g/mol. The van der Waals surface area contributed by atoms with Crippen LogP contribution in [0.2, 0.25) is 0 Å². The van der Waals surface area contributed by atoms with Gasteiger partial charge in [-0.15, -0.1) is 0 Å². The predicted molar refractivity (Wildman–Crippen MR) is 88.8 cm³/mol. The Morgan fingerprint density at radius 1 is 1.24 bits per heavy atom. The van der Waals surface area contributed by atoms with Gasteiger partial charge in [-0.2, -0.15) is 0 Å². The van der Waals surface area contributed by atoms with Gasteiger partial charge in [0.2, 0.25) is 0 Å². The van der Waals surface area contributed by atoms with E-state index in [1.54, 1.807) is 0 Å². The highest BCUT2D eigenvalue weighted by Gasteiger charge is 2.29. The van der Waals surface area contributed by atoms with Crippen LogP contribution in [0.5, 0.6) is 0 Å². The van der Waals surface area contributed by atoms with Crippen molar-refractivity contribution in [2.45, 2.75) is 52.5 Å². The normalized spacial score (nSPS) is 22.1. The third kappa shape index (κ3) is 3.78. The van der Waals surface area contributed by atoms with E-state index in [0.29, 0.717) is 17.9 Å². The summed E-state index contributed by atoms with van der Waals surface area (Å²) in [6.07, 6.45) is 4.87. The number of amides is 1. The van der Waals surface area contributed by atoms with Gasteiger partial charge in [0.1, 0.15) is 0 Å². The van der Waals surface area contributed by atoms with Crippen molar-refractivity contribution < 1.29 is 4.79 Å². The largest absolute Gasteiger partial charge is 0.388 e. The molecule has 1 fully saturated rings. The van der Waals surface area contributed by atoms with Gasteiger partial charge >= 0.3 is 0 Å². The molecule has 1 amide bonds. The standard InChI is InChI=1S/C18H28N2O/c1-12(2)15-7-5-6-8-17(15)20-18(21)16-10-9-14(19-4)11-13(16)3/h9-12,15,17,19H,5-8H2,1-4H3,(H,20,21). The van der Waals surface area contributed by atoms with Gasteiger partial charge in [0.15, 0.2) is 0 Å². The first kappa shape index (κ1) is 15.9. The van der Waals surface area contributed by atoms with Crippen LogP contribution >= 0.6 is 0 Å². The predicted octanol–water partition coefficient (Wildman–Crippen LogP) is 3.98. The van der Waals surface area contributed by atoms with Crippen molar-refractivity contribution in [2.75, 3.05) is 12.4 Å². The Labute approximate surface area is 128 Å². The lowest BCUT2D eigenvalue weighted by atomic mass is 9.77. The highest BCUT2D eigenvalue weighted by Crippen LogP contribution is 2.30. The molecule has 0 saturated heterocycles. The summed E-state index contributed by atoms with van der Waals surface area (Å²) in [5, 5.41) is 6.39. The van der Waals surface area contributed by atoms with Crippen LogP contribution in [0.15, 0.2) is 18.2 Å². The topological polar surface area (TPSA) is 41.1 Å². The number of carbonyl (C=O) groups excluding carboxylic acids is 1. The Morgan fingerprint density at radius 3 is 2.57 bits per heavy atom. The maximum absolute atomic E-state index is 12.6. The number of nitrogens with one attached hydrogen (secondary N) is 2. The van der Waals surface area contributed by atoms with E-state index >= 15 is 0 Å². The summed E-state index contributed by atoms with van der Waals surface area (Å²) in [5.74, 6) is 1.32. The molecule has 0 heterocycles. The van der Waals surface area contributed by atoms with E-state index in [-0.39, 0.29) is 5.91 Å². The van der Waals surface area contributed by atoms with Gasteiger partial charge in [0, 0.05) is 24.3 Å². The second kappa shape index (κ2) is 6.97. The molecule has 2 atom stereocenters. The fraction of sp³-hybridized carbons (Fsp3) is 0.611. The number of benzene rings is 1. The summed E-state index contributed by atoms with van der Waals surface area (Å²) in [6.45, 7) is 6.53. The first-order chi connectivity index (χ1) is 10.0. The average Bonchev–Trinajstić information content (AvgIpc) is 2.47. The van der Waals surface area contributed by atoms with Gasteiger partial charge in [-0.25, -0.2) is 0 Å². The van der Waals surface area contributed by atoms with Crippen molar-refractivity contribution in [3.8, 4) is 0 Å². The van der Waals surface area contributed by atoms with Crippen LogP contribution in [-0.4, -0.2) is 19.0 Å². The van der Waals surface area contributed by atoms with Crippen LogP contribution in [0.3, 0.4) is 0 Å². The average molecular weight is 288 g/mol. The number of rotatable bonds is 4. The molecule has 0 radical (unpaired) electrons. The minimum absolute atomic E-state index is 0.0766. The number of hydrogen-bond acceptors (Lipinski definition) is 2. The first-order valence-electron chi connectivity index (χ1n) is 8.12. The molecule has 116 valence electrons. The van der Waals surface area contributed by atoms with E-state index in [4.69, 9.17) is 0 Å². The van der Waals surface area contributed by atoms with E-state index in [2.05, 4.69) is 24.5 Å². The molecule has 2 rings (SSSR count). The highest BCUT2D eigenvalue weighted by atomic mass is 16.1. The molecule has 2 N–H and O–H groups in total. The van der Waals surface area contributed by atoms with Crippen molar-refractivity contribution in [1.82, 2.24) is 5.32 Å². The summed E-state index contributed by atoms with van der Waals surface area (Å²) < 4.78 is 0. The Balaban J connectivity index is 2.09. The Bertz CT molecular complexity index is 496. The van der Waals surface area contributed by atoms with Crippen LogP contribution < -0.4 is 10.6 Å². The molecule has 0 aromatic heterocycles. The molecule has 2 unspecified atom stereocenters. The molecule has 0 aliphatic heterocycles. The summed E-state index contributed by atoms with van der Waals surface area (Å²) in [5.41, 5.74) is 2.86. The summed E-state index contributed by atoms with van der Waals surface area (Å²) in [7, 11) is 1.89. The molecular formula is C18H28N2O. The number of aryl methyl sites for hydroxylation is 1. The van der Waals surface area contributed by atoms with E-state index < -0.39 is 0 Å². The SMILES string of the molecule is CNc1ccc(C(=O)NC2CCCCC2C(C)C)c(C)c1. The molecule has 1 aliphatic carbocycles. The molecule has 1 aromatic carbocycles. The molecule has 1 aromatic rings. The van der Waals surface area contributed by atoms with E-state index in [9.17, 15) is 4.79 Å². The monoisotopic (exact) mass is 288 g/mol. The van der Waals surface area contributed by atoms with Crippen molar-refractivity contribution in [3.63, 3.8) is 0 Å². The van der Waals surface area contributed by atoms with Gasteiger partial charge in [0.05, 0.1) is 0 Å². The van der Waals surface area contributed by atoms with Crippen LogP contribution in [0.1, 0.15) is 55.5 Å². The number of carbonyl (C=O) groups is 1. The zero-order chi connectivity index (χ0) is 15.4. The lowest BCUT2D eigenvalue weighted by Gasteiger charge is -2.35. The summed E-state index contributed by atoms with van der Waals surface area (Å²) >= 11 is 0. The Morgan fingerprint density at radius 2 is 1.95 bits per heavy atom. The molecule has 21 heavy (non-hydrogen) atoms. The van der Waals surface area contributed by atoms with Crippen LogP contribution in [-0.2, 0) is 0 Å². The van der Waals surface area contributed by atoms with Crippen LogP contribution in [0, 0.1) is 18.8 Å². The summed E-state index contributed by atoms with van der Waals surface area (Å²) in [6, 6.07) is 6.23. The highest BCUT2D eigenvalue weighted by molar-refractivity contribution is 5.96. The molecule has 0 bridgehead atoms. The maximum atomic E-state index is 12.6. The lowest BCUT2D eigenvalue weighted by Crippen LogP contribution is -2.44. The Hall–Kier alpha value is -1.51. The van der Waals surface area contributed by atoms with Gasteiger partial charge in [-0.3, -0.25) is 4.79 Å². The molecule has 3 heteroatoms. The van der Waals surface area contributed by atoms with E-state index in [1.165, 1.54) is 19.3 Å². The third-order valence-electron chi connectivity index (χ3n) is 4.75. The Kier molecular flexibility index (Phi) is 5.27. The zero-order valence-electron chi connectivity index (χ0n) is 13.7. The fourth-order valence-corrected chi connectivity index (χ4v) is 3.46. The van der Waals surface area contributed by atoms with Gasteiger partial charge in [-0.1, -0.05) is 26.7 Å². The van der Waals surface area contributed by atoms with Crippen molar-refractivity contribution in [1.29, 1.82) is 0 Å². The molecule has 3 nitrogen and oxygen atoms in total. The molecule has 1 saturated carbocycles. The van der Waals surface area contributed by atoms with Crippen molar-refractivity contribution in [3.05, 3.63) is 29.3 Å². The van der Waals surface area contributed by atoms with Crippen molar-refractivity contribution >= 4 is 11.6 Å². The minimum atomic E-state index is 0.0766. The van der Waals surface area contributed by atoms with Crippen LogP contribution in [0.25, 0.3) is 0 Å². The fourth-order valence-electron chi connectivity index (χ4n) is 3.46. The van der Waals surface area contributed by atoms with Crippen molar-refractivity contribution in [2.24, 2.45) is 11.8 Å².